The molecule has 3 heterocycles. The van der Waals surface area contributed by atoms with Crippen molar-refractivity contribution in [1.29, 1.82) is 0 Å². The van der Waals surface area contributed by atoms with Gasteiger partial charge in [0.15, 0.2) is 0 Å². The Balaban J connectivity index is 1.42. The second kappa shape index (κ2) is 17.3. The maximum atomic E-state index is 13.3. The first kappa shape index (κ1) is 35.2. The quantitative estimate of drug-likeness (QED) is 0.125. The first-order valence-corrected chi connectivity index (χ1v) is 16.4. The highest BCUT2D eigenvalue weighted by Crippen LogP contribution is 2.33. The molecule has 0 unspecified atom stereocenters. The molecule has 0 radical (unpaired) electrons. The Kier molecular flexibility index (Phi) is 12.4. The van der Waals surface area contributed by atoms with Gasteiger partial charge in [-0.2, -0.15) is 4.68 Å². The summed E-state index contributed by atoms with van der Waals surface area (Å²) in [6.45, 7) is 2.50. The summed E-state index contributed by atoms with van der Waals surface area (Å²) in [5.41, 5.74) is 5.02. The van der Waals surface area contributed by atoms with E-state index in [0.717, 1.165) is 16.7 Å². The van der Waals surface area contributed by atoms with E-state index in [1.165, 1.54) is 17.1 Å². The van der Waals surface area contributed by atoms with Crippen molar-refractivity contribution in [3.63, 3.8) is 0 Å². The van der Waals surface area contributed by atoms with Crippen LogP contribution in [0.3, 0.4) is 0 Å². The first-order chi connectivity index (χ1) is 23.8. The largest absolute Gasteiger partial charge is 0.464 e. The third-order valence-electron chi connectivity index (χ3n) is 7.88. The van der Waals surface area contributed by atoms with E-state index in [2.05, 4.69) is 31.1 Å². The lowest BCUT2D eigenvalue weighted by molar-refractivity contribution is -0.145. The number of tetrazole rings is 1. The van der Waals surface area contributed by atoms with E-state index in [4.69, 9.17) is 25.8 Å². The number of methoxy groups -OCH3 is 1. The minimum absolute atomic E-state index is 0.0539. The Morgan fingerprint density at radius 2 is 1.92 bits per heavy atom. The van der Waals surface area contributed by atoms with E-state index < -0.39 is 12.1 Å². The monoisotopic (exact) mass is 687 g/mol. The molecule has 0 spiro atoms. The Bertz CT molecular complexity index is 1780. The summed E-state index contributed by atoms with van der Waals surface area (Å²) in [5.74, 6) is -1.06. The van der Waals surface area contributed by atoms with Gasteiger partial charge in [0.1, 0.15) is 19.0 Å². The van der Waals surface area contributed by atoms with Gasteiger partial charge in [0, 0.05) is 41.2 Å². The van der Waals surface area contributed by atoms with Crippen molar-refractivity contribution in [2.75, 3.05) is 32.2 Å². The number of benzene rings is 2. The number of anilines is 1. The molecule has 0 saturated carbocycles. The number of pyridine rings is 1. The van der Waals surface area contributed by atoms with E-state index in [9.17, 15) is 14.4 Å². The van der Waals surface area contributed by atoms with Crippen LogP contribution in [0.5, 0.6) is 0 Å². The van der Waals surface area contributed by atoms with Gasteiger partial charge in [-0.1, -0.05) is 36.6 Å². The summed E-state index contributed by atoms with van der Waals surface area (Å²) >= 11 is 6.25. The molecule has 13 nitrogen and oxygen atoms in total. The molecule has 2 aromatic carbocycles. The number of rotatable bonds is 11. The van der Waals surface area contributed by atoms with E-state index in [-0.39, 0.29) is 37.5 Å². The van der Waals surface area contributed by atoms with E-state index in [1.54, 1.807) is 44.5 Å². The van der Waals surface area contributed by atoms with Gasteiger partial charge in [0.2, 0.25) is 5.91 Å². The van der Waals surface area contributed by atoms with Crippen molar-refractivity contribution in [3.05, 3.63) is 89.0 Å². The molecule has 0 fully saturated rings. The second-order valence-electron chi connectivity index (χ2n) is 11.3. The Morgan fingerprint density at radius 1 is 1.06 bits per heavy atom. The van der Waals surface area contributed by atoms with E-state index in [0.29, 0.717) is 59.9 Å². The number of fused-ring (bicyclic) bond motifs is 4. The van der Waals surface area contributed by atoms with Crippen LogP contribution in [-0.2, 0) is 35.0 Å². The highest BCUT2D eigenvalue weighted by atomic mass is 35.5. The molecule has 2 atom stereocenters. The van der Waals surface area contributed by atoms with Crippen molar-refractivity contribution < 1.29 is 28.6 Å². The lowest BCUT2D eigenvalue weighted by Gasteiger charge is -2.24. The highest BCUT2D eigenvalue weighted by Gasteiger charge is 2.24. The number of halogens is 1. The summed E-state index contributed by atoms with van der Waals surface area (Å²) in [4.78, 5) is 43.5. The van der Waals surface area contributed by atoms with Crippen LogP contribution in [0.2, 0.25) is 5.02 Å². The second-order valence-corrected chi connectivity index (χ2v) is 11.8. The fourth-order valence-corrected chi connectivity index (χ4v) is 5.71. The van der Waals surface area contributed by atoms with Crippen LogP contribution in [0.15, 0.2) is 67.1 Å². The lowest BCUT2D eigenvalue weighted by atomic mass is 9.95. The minimum Gasteiger partial charge on any atom is -0.464 e. The summed E-state index contributed by atoms with van der Waals surface area (Å²) in [6.07, 6.45) is 8.79. The molecule has 1 aliphatic heterocycles. The van der Waals surface area contributed by atoms with Crippen LogP contribution in [0.4, 0.5) is 5.69 Å². The number of carbonyl (C=O) groups excluding carboxylic acids is 3. The molecule has 4 aromatic rings. The minimum atomic E-state index is -0.619. The zero-order valence-corrected chi connectivity index (χ0v) is 28.1. The highest BCUT2D eigenvalue weighted by molar-refractivity contribution is 6.30. The predicted molar refractivity (Wildman–Crippen MR) is 183 cm³/mol. The normalized spacial score (nSPS) is 16.1. The zero-order chi connectivity index (χ0) is 34.6. The number of esters is 2. The van der Waals surface area contributed by atoms with Crippen LogP contribution >= 0.6 is 11.6 Å². The average molecular weight is 688 g/mol. The number of hydrogen-bond acceptors (Lipinski definition) is 11. The van der Waals surface area contributed by atoms with Crippen LogP contribution in [-0.4, -0.2) is 76.0 Å². The van der Waals surface area contributed by atoms with Gasteiger partial charge in [-0.3, -0.25) is 14.6 Å². The fraction of sp³-hybridized carbons (Fsp3) is 0.343. The van der Waals surface area contributed by atoms with Crippen LogP contribution in [0.25, 0.3) is 22.9 Å². The van der Waals surface area contributed by atoms with Gasteiger partial charge in [-0.15, -0.1) is 5.10 Å². The number of nitrogens with zero attached hydrogens (tertiary/aromatic N) is 5. The van der Waals surface area contributed by atoms with E-state index in [1.807, 2.05) is 30.3 Å². The van der Waals surface area contributed by atoms with Crippen LogP contribution in [0.1, 0.15) is 55.5 Å². The first-order valence-electron chi connectivity index (χ1n) is 16.0. The van der Waals surface area contributed by atoms with Crippen molar-refractivity contribution >= 4 is 41.2 Å². The number of carbonyl (C=O) groups is 3. The number of ether oxygens (including phenoxy) is 3. The number of hydrogen-bond donors (Lipinski definition) is 2. The van der Waals surface area contributed by atoms with Gasteiger partial charge < -0.3 is 24.8 Å². The molecule has 49 heavy (non-hydrogen) atoms. The zero-order valence-electron chi connectivity index (χ0n) is 27.3. The maximum absolute atomic E-state index is 13.3. The van der Waals surface area contributed by atoms with Gasteiger partial charge >= 0.3 is 11.9 Å². The molecule has 2 bridgehead atoms. The SMILES string of the molecule is CCOC(=O)[C@@H]1CCCC[C@H](NC(=O)/C=C/c2cc(Cl)ccc2-n2cnnn2)c2cc(ccn2)-c2ccc(CC(=O)OCCOC)cc2N1. The standard InChI is InChI=1S/C35H38ClN7O6/c1-3-48-35(46)29-7-5-4-6-28(40-33(44)13-9-25-20-26(36)10-12-32(25)43-22-38-41-42-43)31-21-24(14-15-37-31)27-11-8-23(18-30(27)39-29)19-34(45)49-17-16-47-2/h8-15,18,20-22,28-29,39H,3-7,16-17,19H2,1-2H3,(H,40,44)/b13-9+/t28-,29-/m0/s1. The summed E-state index contributed by atoms with van der Waals surface area (Å²) in [5, 5.41) is 18.3. The molecular weight excluding hydrogens is 650 g/mol. The number of aromatic nitrogens is 5. The Labute approximate surface area is 289 Å². The van der Waals surface area contributed by atoms with Crippen LogP contribution in [0, 0.1) is 0 Å². The van der Waals surface area contributed by atoms with Gasteiger partial charge in [0.25, 0.3) is 0 Å². The third kappa shape index (κ3) is 9.71. The van der Waals surface area contributed by atoms with Crippen molar-refractivity contribution in [3.8, 4) is 16.8 Å². The molecule has 5 rings (SSSR count). The maximum Gasteiger partial charge on any atom is 0.328 e. The van der Waals surface area contributed by atoms with E-state index >= 15 is 0 Å². The molecule has 0 saturated heterocycles. The van der Waals surface area contributed by atoms with Crippen molar-refractivity contribution in [1.82, 2.24) is 30.5 Å². The number of amides is 1. The average Bonchev–Trinajstić information content (AvgIpc) is 3.63. The number of nitrogens with one attached hydrogen (secondary N) is 2. The molecule has 2 N–H and O–H groups in total. The topological polar surface area (TPSA) is 159 Å². The molecule has 2 aromatic heterocycles. The van der Waals surface area contributed by atoms with Crippen molar-refractivity contribution in [2.45, 2.75) is 51.1 Å². The summed E-state index contributed by atoms with van der Waals surface area (Å²) in [7, 11) is 1.54. The molecule has 256 valence electrons. The Morgan fingerprint density at radius 3 is 2.71 bits per heavy atom. The summed E-state index contributed by atoms with van der Waals surface area (Å²) in [6, 6.07) is 13.6. The van der Waals surface area contributed by atoms with Gasteiger partial charge in [-0.05, 0) is 83.8 Å². The summed E-state index contributed by atoms with van der Waals surface area (Å²) < 4.78 is 17.1. The molecule has 14 heteroatoms. The van der Waals surface area contributed by atoms with Crippen LogP contribution < -0.4 is 10.6 Å². The van der Waals surface area contributed by atoms with Crippen molar-refractivity contribution in [2.24, 2.45) is 0 Å². The molecule has 0 aliphatic carbocycles. The lowest BCUT2D eigenvalue weighted by Crippen LogP contribution is -2.32. The molecule has 1 aliphatic rings. The molecular formula is C35H38ClN7O6. The Hall–Kier alpha value is -5.14. The molecule has 1 amide bonds. The fourth-order valence-electron chi connectivity index (χ4n) is 5.53. The predicted octanol–water partition coefficient (Wildman–Crippen LogP) is 4.90. The van der Waals surface area contributed by atoms with Gasteiger partial charge in [-0.25, -0.2) is 4.79 Å². The van der Waals surface area contributed by atoms with Gasteiger partial charge in [0.05, 0.1) is 37.1 Å². The third-order valence-corrected chi connectivity index (χ3v) is 8.12. The smallest absolute Gasteiger partial charge is 0.328 e.